The lowest BCUT2D eigenvalue weighted by atomic mass is 10.4. The summed E-state index contributed by atoms with van der Waals surface area (Å²) < 4.78 is 0.776. The number of carbonyl (C=O) groups excluding carboxylic acids is 3. The van der Waals surface area contributed by atoms with E-state index in [9.17, 15) is 14.4 Å². The molecule has 84 valence electrons. The molecule has 1 aromatic heterocycles. The molecule has 0 atom stereocenters. The summed E-state index contributed by atoms with van der Waals surface area (Å²) in [4.78, 5) is 38.9. The normalized spacial score (nSPS) is 15.7. The van der Waals surface area contributed by atoms with Crippen LogP contribution in [0.4, 0.5) is 0 Å². The van der Waals surface area contributed by atoms with Crippen LogP contribution < -0.4 is 0 Å². The van der Waals surface area contributed by atoms with Crippen LogP contribution in [0.1, 0.15) is 22.5 Å². The zero-order chi connectivity index (χ0) is 11.7. The largest absolute Gasteiger partial charge is 0.373 e. The molecule has 2 heterocycles. The highest BCUT2D eigenvalue weighted by Crippen LogP contribution is 2.23. The Morgan fingerprint density at radius 3 is 2.44 bits per heavy atom. The van der Waals surface area contributed by atoms with E-state index in [0.29, 0.717) is 9.94 Å². The summed E-state index contributed by atoms with van der Waals surface area (Å²) in [5.74, 6) is -1.65. The summed E-state index contributed by atoms with van der Waals surface area (Å²) in [7, 11) is 0. The Balaban J connectivity index is 2.08. The fourth-order valence-electron chi connectivity index (χ4n) is 1.21. The van der Waals surface area contributed by atoms with Crippen molar-refractivity contribution in [1.82, 2.24) is 5.06 Å². The highest BCUT2D eigenvalue weighted by molar-refractivity contribution is 9.11. The summed E-state index contributed by atoms with van der Waals surface area (Å²) in [6.07, 6.45) is 0.195. The van der Waals surface area contributed by atoms with Gasteiger partial charge in [-0.3, -0.25) is 9.59 Å². The molecule has 5 nitrogen and oxygen atoms in total. The van der Waals surface area contributed by atoms with Gasteiger partial charge in [-0.15, -0.1) is 16.4 Å². The van der Waals surface area contributed by atoms with Crippen molar-refractivity contribution in [2.45, 2.75) is 12.8 Å². The average molecular weight is 304 g/mol. The molecule has 1 aliphatic heterocycles. The molecule has 2 amide bonds. The summed E-state index contributed by atoms with van der Waals surface area (Å²) in [5, 5.41) is 0.538. The van der Waals surface area contributed by atoms with Crippen LogP contribution in [0.5, 0.6) is 0 Å². The Bertz CT molecular complexity index is 454. The Kier molecular flexibility index (Phi) is 3.06. The number of hydroxylamine groups is 2. The van der Waals surface area contributed by atoms with Crippen LogP contribution in [0.15, 0.2) is 15.9 Å². The first kappa shape index (κ1) is 11.3. The molecule has 0 radical (unpaired) electrons. The van der Waals surface area contributed by atoms with Gasteiger partial charge < -0.3 is 4.84 Å². The lowest BCUT2D eigenvalue weighted by molar-refractivity contribution is -0.172. The molecule has 0 aliphatic carbocycles. The van der Waals surface area contributed by atoms with E-state index in [0.717, 1.165) is 3.79 Å². The van der Waals surface area contributed by atoms with E-state index in [1.54, 1.807) is 12.1 Å². The van der Waals surface area contributed by atoms with Gasteiger partial charge in [0.2, 0.25) is 0 Å². The van der Waals surface area contributed by atoms with E-state index in [2.05, 4.69) is 15.9 Å². The van der Waals surface area contributed by atoms with Gasteiger partial charge in [0.25, 0.3) is 11.8 Å². The first-order chi connectivity index (χ1) is 7.58. The maximum atomic E-state index is 11.5. The number of hydrogen-bond donors (Lipinski definition) is 0. The summed E-state index contributed by atoms with van der Waals surface area (Å²) >= 11 is 4.37. The van der Waals surface area contributed by atoms with Crippen molar-refractivity contribution in [2.75, 3.05) is 0 Å². The number of halogens is 1. The third kappa shape index (κ3) is 2.14. The van der Waals surface area contributed by atoms with Gasteiger partial charge in [-0.05, 0) is 28.1 Å². The van der Waals surface area contributed by atoms with E-state index >= 15 is 0 Å². The molecule has 1 fully saturated rings. The topological polar surface area (TPSA) is 63.7 Å². The Hall–Kier alpha value is -1.21. The van der Waals surface area contributed by atoms with E-state index in [-0.39, 0.29) is 12.8 Å². The minimum Gasteiger partial charge on any atom is -0.324 e. The predicted molar refractivity (Wildman–Crippen MR) is 58.5 cm³/mol. The van der Waals surface area contributed by atoms with Gasteiger partial charge in [0.05, 0.1) is 3.79 Å². The van der Waals surface area contributed by atoms with Crippen molar-refractivity contribution in [2.24, 2.45) is 0 Å². The van der Waals surface area contributed by atoms with Gasteiger partial charge >= 0.3 is 5.97 Å². The first-order valence-corrected chi connectivity index (χ1v) is 6.02. The van der Waals surface area contributed by atoms with Crippen LogP contribution in [0, 0.1) is 0 Å². The Morgan fingerprint density at radius 1 is 1.31 bits per heavy atom. The molecular weight excluding hydrogens is 298 g/mol. The fraction of sp³-hybridized carbons (Fsp3) is 0.222. The minimum atomic E-state index is -0.695. The number of nitrogens with zero attached hydrogens (tertiary/aromatic N) is 1. The van der Waals surface area contributed by atoms with Gasteiger partial charge in [0.15, 0.2) is 0 Å². The van der Waals surface area contributed by atoms with Crippen molar-refractivity contribution < 1.29 is 19.2 Å². The number of imide groups is 1. The van der Waals surface area contributed by atoms with Crippen molar-refractivity contribution in [3.8, 4) is 0 Å². The molecule has 0 spiro atoms. The Labute approximate surface area is 103 Å². The van der Waals surface area contributed by atoms with Gasteiger partial charge in [-0.2, -0.15) is 0 Å². The average Bonchev–Trinajstić information content (AvgIpc) is 2.79. The van der Waals surface area contributed by atoms with E-state index < -0.39 is 17.8 Å². The van der Waals surface area contributed by atoms with Gasteiger partial charge in [0.1, 0.15) is 4.88 Å². The number of amides is 2. The number of carbonyl (C=O) groups is 3. The smallest absolute Gasteiger partial charge is 0.324 e. The first-order valence-electron chi connectivity index (χ1n) is 4.41. The third-order valence-corrected chi connectivity index (χ3v) is 3.56. The lowest BCUT2D eigenvalue weighted by Crippen LogP contribution is -2.31. The molecule has 1 saturated heterocycles. The molecule has 0 aromatic carbocycles. The molecule has 0 saturated carbocycles. The second-order valence-corrected chi connectivity index (χ2v) is 5.53. The molecule has 7 heteroatoms. The highest BCUT2D eigenvalue weighted by Gasteiger charge is 2.33. The SMILES string of the molecule is O=C(ON1C(=O)CCC1=O)c1ccc(Br)s1. The minimum absolute atomic E-state index is 0.0975. The third-order valence-electron chi connectivity index (χ3n) is 1.95. The lowest BCUT2D eigenvalue weighted by Gasteiger charge is -2.11. The monoisotopic (exact) mass is 303 g/mol. The van der Waals surface area contributed by atoms with Gasteiger partial charge in [-0.25, -0.2) is 4.79 Å². The number of hydrogen-bond acceptors (Lipinski definition) is 5. The maximum Gasteiger partial charge on any atom is 0.373 e. The molecule has 2 rings (SSSR count). The van der Waals surface area contributed by atoms with Crippen LogP contribution in [-0.2, 0) is 14.4 Å². The summed E-state index contributed by atoms with van der Waals surface area (Å²) in [6.45, 7) is 0. The van der Waals surface area contributed by atoms with Gasteiger partial charge in [0, 0.05) is 12.8 Å². The second-order valence-electron chi connectivity index (χ2n) is 3.06. The van der Waals surface area contributed by atoms with Crippen LogP contribution in [0.2, 0.25) is 0 Å². The number of rotatable bonds is 2. The molecule has 0 bridgehead atoms. The molecule has 0 unspecified atom stereocenters. The molecule has 1 aromatic rings. The molecule has 1 aliphatic rings. The van der Waals surface area contributed by atoms with E-state index in [4.69, 9.17) is 4.84 Å². The zero-order valence-corrected chi connectivity index (χ0v) is 10.3. The number of thiophene rings is 1. The van der Waals surface area contributed by atoms with Crippen LogP contribution in [0.3, 0.4) is 0 Å². The van der Waals surface area contributed by atoms with Crippen molar-refractivity contribution in [1.29, 1.82) is 0 Å². The van der Waals surface area contributed by atoms with Crippen molar-refractivity contribution in [3.05, 3.63) is 20.8 Å². The summed E-state index contributed by atoms with van der Waals surface area (Å²) in [6, 6.07) is 3.25. The second kappa shape index (κ2) is 4.34. The van der Waals surface area contributed by atoms with Gasteiger partial charge in [-0.1, -0.05) is 0 Å². The zero-order valence-electron chi connectivity index (χ0n) is 7.94. The summed E-state index contributed by atoms with van der Waals surface area (Å²) in [5.41, 5.74) is 0. The fourth-order valence-corrected chi connectivity index (χ4v) is 2.47. The van der Waals surface area contributed by atoms with Crippen LogP contribution >= 0.6 is 27.3 Å². The van der Waals surface area contributed by atoms with Crippen LogP contribution in [0.25, 0.3) is 0 Å². The Morgan fingerprint density at radius 2 is 1.94 bits per heavy atom. The van der Waals surface area contributed by atoms with E-state index in [1.165, 1.54) is 11.3 Å². The predicted octanol–water partition coefficient (Wildman–Crippen LogP) is 1.73. The van der Waals surface area contributed by atoms with Crippen molar-refractivity contribution >= 4 is 45.1 Å². The van der Waals surface area contributed by atoms with Crippen molar-refractivity contribution in [3.63, 3.8) is 0 Å². The van der Waals surface area contributed by atoms with Crippen LogP contribution in [-0.4, -0.2) is 22.8 Å². The molecule has 16 heavy (non-hydrogen) atoms. The maximum absolute atomic E-state index is 11.5. The van der Waals surface area contributed by atoms with E-state index in [1.807, 2.05) is 0 Å². The highest BCUT2D eigenvalue weighted by atomic mass is 79.9. The quantitative estimate of drug-likeness (QED) is 0.781. The molecule has 0 N–H and O–H groups in total. The molecular formula is C9H6BrNO4S. The standard InChI is InChI=1S/C9H6BrNO4S/c10-6-2-1-5(16-6)9(14)15-11-7(12)3-4-8(11)13/h1-2H,3-4H2.